The van der Waals surface area contributed by atoms with Crippen molar-refractivity contribution in [2.75, 3.05) is 59.3 Å². The number of para-hydroxylation sites is 1. The molecule has 9 heterocycles. The lowest BCUT2D eigenvalue weighted by Gasteiger charge is -2.61. The summed E-state index contributed by atoms with van der Waals surface area (Å²) in [4.78, 5) is 79.9. The molecule has 4 fully saturated rings. The molecule has 0 bridgehead atoms. The molecule has 1 aliphatic carbocycles. The van der Waals surface area contributed by atoms with E-state index in [1.807, 2.05) is 129 Å². The van der Waals surface area contributed by atoms with Crippen molar-refractivity contribution in [2.45, 2.75) is 122 Å². The number of amides is 4. The van der Waals surface area contributed by atoms with Crippen LogP contribution in [0.4, 0.5) is 22.5 Å². The summed E-state index contributed by atoms with van der Waals surface area (Å²) in [6.07, 6.45) is 7.47. The van der Waals surface area contributed by atoms with Gasteiger partial charge in [-0.05, 0) is 129 Å². The monoisotopic (exact) mass is 1320 g/mol. The molecule has 1 saturated carbocycles. The number of benzene rings is 4. The number of nitrogens with one attached hydrogen (secondary N) is 3. The van der Waals surface area contributed by atoms with E-state index in [4.69, 9.17) is 14.6 Å². The summed E-state index contributed by atoms with van der Waals surface area (Å²) in [5.41, 5.74) is 10.6. The van der Waals surface area contributed by atoms with Crippen LogP contribution in [0, 0.1) is 31.1 Å². The van der Waals surface area contributed by atoms with E-state index in [1.54, 1.807) is 35.7 Å². The maximum Gasteiger partial charge on any atom is 0.284 e. The highest BCUT2D eigenvalue weighted by molar-refractivity contribution is 7.90. The van der Waals surface area contributed by atoms with Crippen molar-refractivity contribution in [3.05, 3.63) is 166 Å². The number of rotatable bonds is 18. The Balaban J connectivity index is 0.621. The number of aliphatic hydroxyl groups is 1. The summed E-state index contributed by atoms with van der Waals surface area (Å²) >= 11 is 2.99. The van der Waals surface area contributed by atoms with Gasteiger partial charge in [-0.25, -0.2) is 28.1 Å². The number of carbonyl (C=O) groups is 4. The van der Waals surface area contributed by atoms with Crippen molar-refractivity contribution in [2.24, 2.45) is 17.3 Å². The topological polar surface area (TPSA) is 254 Å². The Bertz CT molecular complexity index is 4430. The molecule has 4 aliphatic heterocycles. The van der Waals surface area contributed by atoms with E-state index in [0.717, 1.165) is 73.8 Å². The maximum absolute atomic E-state index is 14.7. The summed E-state index contributed by atoms with van der Waals surface area (Å²) in [7, 11) is -4.41. The molecule has 9 aromatic rings. The highest BCUT2D eigenvalue weighted by Crippen LogP contribution is 2.45. The Morgan fingerprint density at radius 2 is 1.59 bits per heavy atom. The van der Waals surface area contributed by atoms with Crippen LogP contribution in [0.5, 0.6) is 0 Å². The van der Waals surface area contributed by atoms with Crippen molar-refractivity contribution < 1.29 is 37.2 Å². The van der Waals surface area contributed by atoms with Crippen molar-refractivity contribution in [3.8, 4) is 21.6 Å². The van der Waals surface area contributed by atoms with Crippen LogP contribution in [0.3, 0.4) is 0 Å². The van der Waals surface area contributed by atoms with E-state index >= 15 is 0 Å². The smallest absolute Gasteiger partial charge is 0.284 e. The van der Waals surface area contributed by atoms with Crippen LogP contribution >= 0.6 is 22.7 Å². The molecule has 4 aromatic carbocycles. The first-order valence-electron chi connectivity index (χ1n) is 32.3. The summed E-state index contributed by atoms with van der Waals surface area (Å²) in [5, 5.41) is 26.7. The highest BCUT2D eigenvalue weighted by Gasteiger charge is 2.53. The van der Waals surface area contributed by atoms with Gasteiger partial charge in [0.2, 0.25) is 11.8 Å². The minimum absolute atomic E-state index is 0.0253. The third-order valence-corrected chi connectivity index (χ3v) is 22.8. The van der Waals surface area contributed by atoms with Crippen LogP contribution in [0.25, 0.3) is 31.8 Å². The number of aryl methyl sites for hydroxylation is 1. The van der Waals surface area contributed by atoms with Gasteiger partial charge < -0.3 is 34.5 Å². The fourth-order valence-corrected chi connectivity index (χ4v) is 17.1. The van der Waals surface area contributed by atoms with Gasteiger partial charge in [-0.15, -0.1) is 11.3 Å². The highest BCUT2D eigenvalue weighted by atomic mass is 32.2. The van der Waals surface area contributed by atoms with Gasteiger partial charge in [0, 0.05) is 98.3 Å². The molecule has 14 rings (SSSR count). The number of carbonyl (C=O) groups excluding carboxylic acids is 4. The van der Waals surface area contributed by atoms with Crippen LogP contribution in [0.2, 0.25) is 0 Å². The predicted molar refractivity (Wildman–Crippen MR) is 363 cm³/mol. The van der Waals surface area contributed by atoms with E-state index in [-0.39, 0.29) is 58.7 Å². The van der Waals surface area contributed by atoms with Gasteiger partial charge in [0.1, 0.15) is 23.5 Å². The first-order chi connectivity index (χ1) is 45.3. The van der Waals surface area contributed by atoms with Crippen LogP contribution in [0.1, 0.15) is 126 Å². The van der Waals surface area contributed by atoms with E-state index < -0.39 is 34.0 Å². The average Bonchev–Trinajstić information content (AvgIpc) is 0.752. The van der Waals surface area contributed by atoms with Crippen molar-refractivity contribution in [1.29, 1.82) is 0 Å². The number of fused-ring (bicyclic) bond motifs is 2. The van der Waals surface area contributed by atoms with Crippen LogP contribution in [-0.4, -0.2) is 123 Å². The SMILES string of the molecule is Cc1ncsc1-c1ccc([C@H](C)NC(=O)[C@@H]2C[C@@H](O)CN2C(=O)[C@H](c2cc(N3CC4(CN(c5ccc(S(=O)(=O)NC(=O)c6nc(N7CCc8cccc(C(=O)Nc9nc%10ccccc%10s9)c8C7)ccc6-c6cnn(CC7CCCCC7)c6C)cc5)C4)C3)no2)C(C)C)cc1. The Morgan fingerprint density at radius 3 is 2.33 bits per heavy atom. The van der Waals surface area contributed by atoms with Gasteiger partial charge in [-0.2, -0.15) is 5.10 Å². The molecule has 94 heavy (non-hydrogen) atoms. The second-order valence-corrected chi connectivity index (χ2v) is 30.0. The van der Waals surface area contributed by atoms with E-state index in [9.17, 15) is 32.7 Å². The number of aromatic nitrogens is 6. The fourth-order valence-electron chi connectivity index (χ4n) is 14.4. The first kappa shape index (κ1) is 62.6. The van der Waals surface area contributed by atoms with E-state index in [0.29, 0.717) is 90.8 Å². The third-order valence-electron chi connectivity index (χ3n) is 19.6. The lowest BCUT2D eigenvalue weighted by atomic mass is 9.72. The number of likely N-dealkylation sites (tertiary alicyclic amines) is 1. The predicted octanol–water partition coefficient (Wildman–Crippen LogP) is 10.7. The second kappa shape index (κ2) is 25.5. The minimum atomic E-state index is -4.41. The molecular weight excluding hydrogens is 1250 g/mol. The molecule has 0 unspecified atom stereocenters. The van der Waals surface area contributed by atoms with Crippen molar-refractivity contribution >= 4 is 89.0 Å². The molecular formula is C70H75N13O8S3. The summed E-state index contributed by atoms with van der Waals surface area (Å²) in [5.74, 6) is -0.802. The number of anilines is 4. The lowest BCUT2D eigenvalue weighted by molar-refractivity contribution is -0.141. The zero-order valence-corrected chi connectivity index (χ0v) is 55.6. The maximum atomic E-state index is 14.7. The third kappa shape index (κ3) is 12.4. The molecule has 21 nitrogen and oxygen atoms in total. The second-order valence-electron chi connectivity index (χ2n) is 26.4. The Morgan fingerprint density at radius 1 is 0.819 bits per heavy atom. The number of aliphatic hydroxyl groups excluding tert-OH is 1. The molecule has 486 valence electrons. The minimum Gasteiger partial charge on any atom is -0.391 e. The van der Waals surface area contributed by atoms with Crippen LogP contribution in [-0.2, 0) is 39.1 Å². The standard InChI is InChI=1S/C70H75N13O8S3/c1-41(2)62(68(88)82-34-50(84)30-57(82)66(86)73-42(3)46-18-20-48(21-19-46)64-43(4)71-40-92-64)58-31-61(77-91-58)81-38-70(39-81)36-80(37-70)49-22-24-51(25-23-49)94(89,90)78-67(87)63-52(54-32-72-83(44(54)5)33-45-12-7-6-8-13-45)26-27-60(75-63)79-29-28-47-14-11-15-53(55(47)35-79)65(85)76-69-74-56-16-9-10-17-59(56)93-69/h9-11,14-27,31-32,40-42,45,50,57,62,84H,6-8,12-13,28-30,33-39H2,1-5H3,(H,73,86)(H,78,87)(H,74,76,85)/t42-,50+,57-,62-/m0/s1. The molecule has 4 atom stereocenters. The molecule has 1 spiro atoms. The molecule has 3 saturated heterocycles. The Hall–Kier alpha value is -8.84. The number of β-amino-alcohol motifs (C(OH)–C–C–N with tert-alkyl or cyclic N) is 1. The quantitative estimate of drug-likeness (QED) is 0.0623. The van der Waals surface area contributed by atoms with Gasteiger partial charge >= 0.3 is 0 Å². The summed E-state index contributed by atoms with van der Waals surface area (Å²) in [6.45, 7) is 14.1. The number of pyridine rings is 1. The van der Waals surface area contributed by atoms with E-state index in [2.05, 4.69) is 40.3 Å². The first-order valence-corrected chi connectivity index (χ1v) is 35.5. The summed E-state index contributed by atoms with van der Waals surface area (Å²) < 4.78 is 39.9. The Labute approximate surface area is 553 Å². The van der Waals surface area contributed by atoms with E-state index in [1.165, 1.54) is 47.6 Å². The molecule has 4 N–H and O–H groups in total. The molecule has 0 radical (unpaired) electrons. The van der Waals surface area contributed by atoms with Gasteiger partial charge in [0.15, 0.2) is 16.7 Å². The van der Waals surface area contributed by atoms with Crippen molar-refractivity contribution in [3.63, 3.8) is 0 Å². The Kier molecular flexibility index (Phi) is 17.0. The lowest BCUT2D eigenvalue weighted by Crippen LogP contribution is -2.72. The largest absolute Gasteiger partial charge is 0.391 e. The van der Waals surface area contributed by atoms with Gasteiger partial charge in [0.05, 0.1) is 49.5 Å². The van der Waals surface area contributed by atoms with Gasteiger partial charge in [0.25, 0.3) is 21.8 Å². The van der Waals surface area contributed by atoms with Gasteiger partial charge in [-0.3, -0.25) is 29.2 Å². The average molecular weight is 1320 g/mol. The van der Waals surface area contributed by atoms with Gasteiger partial charge in [-0.1, -0.05) is 98.1 Å². The normalized spacial score (nSPS) is 18.6. The summed E-state index contributed by atoms with van der Waals surface area (Å²) in [6, 6.07) is 32.2. The van der Waals surface area contributed by atoms with Crippen molar-refractivity contribution in [1.82, 2.24) is 44.8 Å². The number of nitrogens with zero attached hydrogens (tertiary/aromatic N) is 10. The molecule has 24 heteroatoms. The zero-order chi connectivity index (χ0) is 65.2. The zero-order valence-electron chi connectivity index (χ0n) is 53.1. The number of thiazole rings is 2. The number of hydrogen-bond donors (Lipinski definition) is 4. The molecule has 5 aromatic heterocycles. The number of hydrogen-bond acceptors (Lipinski definition) is 18. The molecule has 5 aliphatic rings. The van der Waals surface area contributed by atoms with Crippen LogP contribution < -0.4 is 30.1 Å². The fraction of sp³-hybridized carbons (Fsp3) is 0.386. The van der Waals surface area contributed by atoms with Crippen LogP contribution in [0.15, 0.2) is 130 Å². The number of sulfonamides is 1. The molecule has 4 amide bonds.